The van der Waals surface area contributed by atoms with Gasteiger partial charge in [-0.3, -0.25) is 0 Å². The lowest BCUT2D eigenvalue weighted by Gasteiger charge is -1.99. The minimum atomic E-state index is 0.637. The van der Waals surface area contributed by atoms with Gasteiger partial charge in [0.05, 0.1) is 5.56 Å². The molecule has 0 radical (unpaired) electrons. The third-order valence-electron chi connectivity index (χ3n) is 3.96. The van der Waals surface area contributed by atoms with E-state index in [-0.39, 0.29) is 0 Å². The van der Waals surface area contributed by atoms with Crippen LogP contribution < -0.4 is 3.96 Å². The molecule has 4 heteroatoms. The van der Waals surface area contributed by atoms with Crippen molar-refractivity contribution >= 4 is 34.7 Å². The lowest BCUT2D eigenvalue weighted by Crippen LogP contribution is -2.24. The zero-order valence-corrected chi connectivity index (χ0v) is 15.5. The predicted octanol–water partition coefficient (Wildman–Crippen LogP) is 6.67. The average Bonchev–Trinajstić information content (AvgIpc) is 3.08. The second-order valence-electron chi connectivity index (χ2n) is 5.59. The van der Waals surface area contributed by atoms with Crippen molar-refractivity contribution in [2.24, 2.45) is 0 Å². The van der Waals surface area contributed by atoms with Crippen molar-refractivity contribution in [2.75, 3.05) is 0 Å². The van der Waals surface area contributed by atoms with Crippen molar-refractivity contribution < 1.29 is 3.96 Å². The van der Waals surface area contributed by atoms with E-state index in [0.717, 1.165) is 11.3 Å². The molecule has 4 aromatic rings. The second-order valence-corrected chi connectivity index (χ2v) is 7.39. The van der Waals surface area contributed by atoms with Crippen LogP contribution in [0.15, 0.2) is 85.1 Å². The molecule has 122 valence electrons. The van der Waals surface area contributed by atoms with E-state index in [1.54, 1.807) is 11.5 Å². The van der Waals surface area contributed by atoms with Crippen molar-refractivity contribution in [3.8, 4) is 27.3 Å². The molecular weight excluding hydrogens is 369 g/mol. The number of aromatic nitrogens is 1. The quantitative estimate of drug-likeness (QED) is 0.348. The number of para-hydroxylation sites is 1. The molecule has 0 aliphatic heterocycles. The summed E-state index contributed by atoms with van der Waals surface area (Å²) in [6.45, 7) is 0. The Kier molecular flexibility index (Phi) is 4.58. The van der Waals surface area contributed by atoms with Gasteiger partial charge in [-0.2, -0.15) is 0 Å². The Labute approximate surface area is 160 Å². The standard InChI is InChI=1S/C21H14Cl2NS/c22-18-12-7-13-19(23)20(18)24-14-17(15-8-3-1-4-9-15)21(25-24)16-10-5-2-6-11-16/h1-14H/q+1. The van der Waals surface area contributed by atoms with Crippen LogP contribution in [0.1, 0.15) is 0 Å². The molecule has 0 amide bonds. The normalized spacial score (nSPS) is 10.8. The zero-order valence-electron chi connectivity index (χ0n) is 13.2. The van der Waals surface area contributed by atoms with Gasteiger partial charge in [0.2, 0.25) is 0 Å². The maximum atomic E-state index is 6.42. The third kappa shape index (κ3) is 3.21. The summed E-state index contributed by atoms with van der Waals surface area (Å²) in [5.74, 6) is 0. The number of halogens is 2. The summed E-state index contributed by atoms with van der Waals surface area (Å²) in [4.78, 5) is 1.18. The first-order chi connectivity index (χ1) is 12.2. The van der Waals surface area contributed by atoms with E-state index in [2.05, 4.69) is 58.7 Å². The van der Waals surface area contributed by atoms with Crippen LogP contribution in [0.25, 0.3) is 27.3 Å². The highest BCUT2D eigenvalue weighted by Gasteiger charge is 2.24. The van der Waals surface area contributed by atoms with Gasteiger partial charge in [0, 0.05) is 0 Å². The van der Waals surface area contributed by atoms with Crippen LogP contribution in [0.5, 0.6) is 0 Å². The molecule has 1 nitrogen and oxygen atoms in total. The summed E-state index contributed by atoms with van der Waals surface area (Å²) < 4.78 is 2.05. The number of nitrogens with zero attached hydrogens (tertiary/aromatic N) is 1. The molecule has 0 aliphatic carbocycles. The highest BCUT2D eigenvalue weighted by atomic mass is 35.5. The van der Waals surface area contributed by atoms with Crippen molar-refractivity contribution in [1.29, 1.82) is 0 Å². The van der Waals surface area contributed by atoms with E-state index in [1.807, 2.05) is 30.3 Å². The molecule has 0 N–H and O–H groups in total. The van der Waals surface area contributed by atoms with Gasteiger partial charge in [0.25, 0.3) is 5.69 Å². The summed E-state index contributed by atoms with van der Waals surface area (Å²) in [5.41, 5.74) is 4.32. The Morgan fingerprint density at radius 3 is 1.80 bits per heavy atom. The zero-order chi connectivity index (χ0) is 17.2. The fraction of sp³-hybridized carbons (Fsp3) is 0. The molecule has 0 unspecified atom stereocenters. The second kappa shape index (κ2) is 7.01. The van der Waals surface area contributed by atoms with Gasteiger partial charge in [-0.05, 0) is 23.3 Å². The first-order valence-electron chi connectivity index (χ1n) is 7.85. The lowest BCUT2D eigenvalue weighted by atomic mass is 10.0. The molecular formula is C21H14Cl2NS+. The van der Waals surface area contributed by atoms with Crippen molar-refractivity contribution in [2.45, 2.75) is 0 Å². The Hall–Kier alpha value is -2.13. The van der Waals surface area contributed by atoms with Crippen molar-refractivity contribution in [1.82, 2.24) is 0 Å². The molecule has 1 heterocycles. The average molecular weight is 383 g/mol. The summed E-state index contributed by atoms with van der Waals surface area (Å²) in [5, 5.41) is 1.27. The van der Waals surface area contributed by atoms with Crippen LogP contribution in [0.3, 0.4) is 0 Å². The monoisotopic (exact) mass is 382 g/mol. The van der Waals surface area contributed by atoms with Crippen LogP contribution in [0.2, 0.25) is 10.0 Å². The first-order valence-corrected chi connectivity index (χ1v) is 9.38. The van der Waals surface area contributed by atoms with E-state index in [9.17, 15) is 0 Å². The highest BCUT2D eigenvalue weighted by molar-refractivity contribution is 7.06. The van der Waals surface area contributed by atoms with E-state index in [4.69, 9.17) is 23.2 Å². The first kappa shape index (κ1) is 16.3. The topological polar surface area (TPSA) is 3.88 Å². The maximum absolute atomic E-state index is 6.42. The number of benzene rings is 3. The largest absolute Gasteiger partial charge is 0.261 e. The molecule has 1 aromatic heterocycles. The Bertz CT molecular complexity index is 934. The van der Waals surface area contributed by atoms with Crippen LogP contribution in [0, 0.1) is 0 Å². The van der Waals surface area contributed by atoms with Gasteiger partial charge in [-0.1, -0.05) is 93.9 Å². The van der Waals surface area contributed by atoms with Crippen LogP contribution in [-0.2, 0) is 0 Å². The number of rotatable bonds is 3. The van der Waals surface area contributed by atoms with Gasteiger partial charge in [0.1, 0.15) is 26.5 Å². The molecule has 0 fully saturated rings. The summed E-state index contributed by atoms with van der Waals surface area (Å²) in [6, 6.07) is 26.3. The minimum absolute atomic E-state index is 0.637. The van der Waals surface area contributed by atoms with Crippen molar-refractivity contribution in [3.63, 3.8) is 0 Å². The summed E-state index contributed by atoms with van der Waals surface area (Å²) in [7, 11) is 0. The Morgan fingerprint density at radius 2 is 1.20 bits per heavy atom. The van der Waals surface area contributed by atoms with Crippen LogP contribution >= 0.6 is 34.7 Å². The molecule has 0 aliphatic rings. The highest BCUT2D eigenvalue weighted by Crippen LogP contribution is 2.36. The summed E-state index contributed by atoms with van der Waals surface area (Å²) >= 11 is 14.5. The Balaban J connectivity index is 1.96. The molecule has 0 spiro atoms. The fourth-order valence-corrected chi connectivity index (χ4v) is 4.61. The van der Waals surface area contributed by atoms with Gasteiger partial charge in [0.15, 0.2) is 6.20 Å². The van der Waals surface area contributed by atoms with Gasteiger partial charge >= 0.3 is 0 Å². The van der Waals surface area contributed by atoms with Gasteiger partial charge in [-0.15, -0.1) is 0 Å². The minimum Gasteiger partial charge on any atom is -0.0981 e. The van der Waals surface area contributed by atoms with Crippen LogP contribution in [0.4, 0.5) is 0 Å². The Morgan fingerprint density at radius 1 is 0.640 bits per heavy atom. The van der Waals surface area contributed by atoms with E-state index in [0.29, 0.717) is 10.0 Å². The van der Waals surface area contributed by atoms with Crippen molar-refractivity contribution in [3.05, 3.63) is 95.1 Å². The number of hydrogen-bond donors (Lipinski definition) is 0. The molecule has 0 bridgehead atoms. The lowest BCUT2D eigenvalue weighted by molar-refractivity contribution is -0.519. The molecule has 0 saturated heterocycles. The van der Waals surface area contributed by atoms with Gasteiger partial charge < -0.3 is 0 Å². The molecule has 0 atom stereocenters. The molecule has 25 heavy (non-hydrogen) atoms. The smallest absolute Gasteiger partial charge is 0.0981 e. The van der Waals surface area contributed by atoms with Crippen LogP contribution in [-0.4, -0.2) is 0 Å². The van der Waals surface area contributed by atoms with Gasteiger partial charge in [-0.25, -0.2) is 0 Å². The third-order valence-corrected chi connectivity index (χ3v) is 5.69. The number of hydrogen-bond acceptors (Lipinski definition) is 1. The molecule has 4 rings (SSSR count). The predicted molar refractivity (Wildman–Crippen MR) is 107 cm³/mol. The maximum Gasteiger partial charge on any atom is 0.261 e. The SMILES string of the molecule is Clc1cccc(Cl)c1-[n+]1cc(-c2ccccc2)c(-c2ccccc2)s1. The van der Waals surface area contributed by atoms with E-state index >= 15 is 0 Å². The van der Waals surface area contributed by atoms with E-state index in [1.165, 1.54) is 16.0 Å². The molecule has 0 saturated carbocycles. The fourth-order valence-electron chi connectivity index (χ4n) is 2.78. The molecule has 3 aromatic carbocycles. The summed E-state index contributed by atoms with van der Waals surface area (Å²) in [6.07, 6.45) is 2.11. The van der Waals surface area contributed by atoms with E-state index < -0.39 is 0 Å².